The van der Waals surface area contributed by atoms with Crippen molar-refractivity contribution in [3.63, 3.8) is 0 Å². The molecule has 0 aromatic heterocycles. The molecule has 1 N–H and O–H groups in total. The lowest BCUT2D eigenvalue weighted by Crippen LogP contribution is -2.31. The van der Waals surface area contributed by atoms with Gasteiger partial charge in [-0.15, -0.1) is 6.42 Å². The summed E-state index contributed by atoms with van der Waals surface area (Å²) in [6.45, 7) is 3.28. The van der Waals surface area contributed by atoms with Gasteiger partial charge in [0.1, 0.15) is 6.61 Å². The van der Waals surface area contributed by atoms with Gasteiger partial charge >= 0.3 is 0 Å². The summed E-state index contributed by atoms with van der Waals surface area (Å²) in [6, 6.07) is 0.572. The normalized spacial score (nSPS) is 18.6. The molecule has 3 nitrogen and oxygen atoms in total. The number of nitrogens with one attached hydrogen (secondary N) is 1. The van der Waals surface area contributed by atoms with Gasteiger partial charge in [-0.1, -0.05) is 5.92 Å². The highest BCUT2D eigenvalue weighted by molar-refractivity contribution is 5.75. The third kappa shape index (κ3) is 1.66. The molecule has 0 amide bonds. The van der Waals surface area contributed by atoms with E-state index in [1.807, 2.05) is 6.92 Å². The Labute approximate surface area is 60.5 Å². The summed E-state index contributed by atoms with van der Waals surface area (Å²) in [6.07, 6.45) is 5.13. The minimum atomic E-state index is -0.00292. The van der Waals surface area contributed by atoms with Gasteiger partial charge in [0.05, 0.1) is 12.6 Å². The summed E-state index contributed by atoms with van der Waals surface area (Å²) >= 11 is 0. The van der Waals surface area contributed by atoms with Crippen LogP contribution in [0.1, 0.15) is 6.92 Å². The predicted octanol–water partition coefficient (Wildman–Crippen LogP) is -0.0161. The third-order valence-corrected chi connectivity index (χ3v) is 1.18. The molecule has 0 aliphatic carbocycles. The Bertz CT molecular complexity index is 181. The molecule has 0 aromatic rings. The van der Waals surface area contributed by atoms with E-state index in [0.29, 0.717) is 12.6 Å². The van der Waals surface area contributed by atoms with Crippen molar-refractivity contribution in [2.75, 3.05) is 13.2 Å². The van der Waals surface area contributed by atoms with Gasteiger partial charge in [-0.2, -0.15) is 0 Å². The average Bonchev–Trinajstić information content (AvgIpc) is 2.40. The molecule has 0 aromatic carbocycles. The molecule has 1 rings (SSSR count). The zero-order chi connectivity index (χ0) is 7.40. The van der Waals surface area contributed by atoms with Crippen molar-refractivity contribution >= 4 is 6.02 Å². The predicted molar refractivity (Wildman–Crippen MR) is 39.7 cm³/mol. The standard InChI is InChI=1S/C7H10N2O/c1-3-6(2)9-7-8-4-5-10-7/h1,6H,4-5H2,2H3,(H,8,9)/t6-/m1/s1. The number of aliphatic imine (C=N–C) groups is 1. The molecule has 0 bridgehead atoms. The van der Waals surface area contributed by atoms with Crippen molar-refractivity contribution in [2.45, 2.75) is 13.0 Å². The lowest BCUT2D eigenvalue weighted by atomic mass is 10.4. The fourth-order valence-electron chi connectivity index (χ4n) is 0.649. The van der Waals surface area contributed by atoms with Crippen LogP contribution in [0.15, 0.2) is 4.99 Å². The molecule has 1 aliphatic rings. The molecule has 54 valence electrons. The highest BCUT2D eigenvalue weighted by atomic mass is 16.5. The Morgan fingerprint density at radius 2 is 2.70 bits per heavy atom. The van der Waals surface area contributed by atoms with Crippen LogP contribution in [0.3, 0.4) is 0 Å². The van der Waals surface area contributed by atoms with Gasteiger partial charge in [0.15, 0.2) is 0 Å². The highest BCUT2D eigenvalue weighted by Crippen LogP contribution is 1.91. The largest absolute Gasteiger partial charge is 0.463 e. The molecule has 0 fully saturated rings. The van der Waals surface area contributed by atoms with Crippen LogP contribution in [-0.2, 0) is 4.74 Å². The number of amidine groups is 1. The maximum Gasteiger partial charge on any atom is 0.285 e. The third-order valence-electron chi connectivity index (χ3n) is 1.18. The number of nitrogens with zero attached hydrogens (tertiary/aromatic N) is 1. The van der Waals surface area contributed by atoms with E-state index in [4.69, 9.17) is 11.2 Å². The molecule has 1 aliphatic heterocycles. The second-order valence-electron chi connectivity index (χ2n) is 2.07. The average molecular weight is 138 g/mol. The summed E-state index contributed by atoms with van der Waals surface area (Å²) in [5.74, 6) is 2.52. The molecule has 3 heteroatoms. The molecule has 1 atom stereocenters. The van der Waals surface area contributed by atoms with Crippen LogP contribution in [0.5, 0.6) is 0 Å². The van der Waals surface area contributed by atoms with Crippen LogP contribution in [0.25, 0.3) is 0 Å². The molecular formula is C7H10N2O. The molecule has 0 saturated carbocycles. The van der Waals surface area contributed by atoms with E-state index in [1.165, 1.54) is 0 Å². The Morgan fingerprint density at radius 3 is 3.20 bits per heavy atom. The van der Waals surface area contributed by atoms with Gasteiger partial charge in [0.2, 0.25) is 0 Å². The summed E-state index contributed by atoms with van der Waals surface area (Å²) in [5, 5.41) is 2.92. The number of hydrogen-bond donors (Lipinski definition) is 1. The van der Waals surface area contributed by atoms with Crippen molar-refractivity contribution in [1.82, 2.24) is 5.32 Å². The van der Waals surface area contributed by atoms with Crippen molar-refractivity contribution in [2.24, 2.45) is 4.99 Å². The van der Waals surface area contributed by atoms with Gasteiger partial charge in [-0.25, -0.2) is 4.99 Å². The van der Waals surface area contributed by atoms with Crippen molar-refractivity contribution in [1.29, 1.82) is 0 Å². The first-order chi connectivity index (χ1) is 4.83. The molecule has 1 heterocycles. The highest BCUT2D eigenvalue weighted by Gasteiger charge is 2.07. The van der Waals surface area contributed by atoms with Gasteiger partial charge < -0.3 is 10.1 Å². The molecular weight excluding hydrogens is 128 g/mol. The van der Waals surface area contributed by atoms with Crippen LogP contribution in [0, 0.1) is 12.3 Å². The second-order valence-corrected chi connectivity index (χ2v) is 2.07. The summed E-state index contributed by atoms with van der Waals surface area (Å²) in [4.78, 5) is 4.01. The van der Waals surface area contributed by atoms with Gasteiger partial charge in [0, 0.05) is 0 Å². The van der Waals surface area contributed by atoms with Crippen molar-refractivity contribution in [3.05, 3.63) is 0 Å². The summed E-state index contributed by atoms with van der Waals surface area (Å²) in [7, 11) is 0. The fraction of sp³-hybridized carbons (Fsp3) is 0.571. The molecule has 0 radical (unpaired) electrons. The number of ether oxygens (including phenoxy) is 1. The smallest absolute Gasteiger partial charge is 0.285 e. The second kappa shape index (κ2) is 3.11. The Morgan fingerprint density at radius 1 is 1.90 bits per heavy atom. The molecule has 0 saturated heterocycles. The zero-order valence-corrected chi connectivity index (χ0v) is 5.92. The van der Waals surface area contributed by atoms with Gasteiger partial charge in [0.25, 0.3) is 6.02 Å². The van der Waals surface area contributed by atoms with Gasteiger partial charge in [-0.05, 0) is 6.92 Å². The SMILES string of the molecule is C#C[C@@H](C)NC1=NCCO1. The maximum atomic E-state index is 5.13. The first kappa shape index (κ1) is 6.94. The first-order valence-electron chi connectivity index (χ1n) is 3.23. The van der Waals surface area contributed by atoms with E-state index in [9.17, 15) is 0 Å². The molecule has 0 spiro atoms. The Balaban J connectivity index is 2.32. The number of rotatable bonds is 1. The monoisotopic (exact) mass is 138 g/mol. The number of terminal acetylenes is 1. The molecule has 10 heavy (non-hydrogen) atoms. The summed E-state index contributed by atoms with van der Waals surface area (Å²) < 4.78 is 5.07. The zero-order valence-electron chi connectivity index (χ0n) is 5.92. The van der Waals surface area contributed by atoms with Crippen LogP contribution in [-0.4, -0.2) is 25.2 Å². The first-order valence-corrected chi connectivity index (χ1v) is 3.23. The number of hydrogen-bond acceptors (Lipinski definition) is 3. The minimum absolute atomic E-state index is 0.00292. The van der Waals surface area contributed by atoms with E-state index in [0.717, 1.165) is 6.54 Å². The van der Waals surface area contributed by atoms with E-state index in [-0.39, 0.29) is 6.04 Å². The lowest BCUT2D eigenvalue weighted by molar-refractivity contribution is 0.330. The van der Waals surface area contributed by atoms with Crippen LogP contribution in [0.4, 0.5) is 0 Å². The van der Waals surface area contributed by atoms with E-state index in [2.05, 4.69) is 16.2 Å². The van der Waals surface area contributed by atoms with Crippen molar-refractivity contribution < 1.29 is 4.74 Å². The maximum absolute atomic E-state index is 5.13. The Hall–Kier alpha value is -1.17. The fourth-order valence-corrected chi connectivity index (χ4v) is 0.649. The summed E-state index contributed by atoms with van der Waals surface area (Å²) in [5.41, 5.74) is 0. The van der Waals surface area contributed by atoms with E-state index in [1.54, 1.807) is 0 Å². The minimum Gasteiger partial charge on any atom is -0.463 e. The van der Waals surface area contributed by atoms with E-state index >= 15 is 0 Å². The molecule has 0 unspecified atom stereocenters. The topological polar surface area (TPSA) is 33.6 Å². The quantitative estimate of drug-likeness (QED) is 0.517. The van der Waals surface area contributed by atoms with E-state index < -0.39 is 0 Å². The van der Waals surface area contributed by atoms with Gasteiger partial charge in [-0.3, -0.25) is 0 Å². The lowest BCUT2D eigenvalue weighted by Gasteiger charge is -2.06. The van der Waals surface area contributed by atoms with Crippen LogP contribution < -0.4 is 5.32 Å². The Kier molecular flexibility index (Phi) is 2.16. The van der Waals surface area contributed by atoms with Crippen molar-refractivity contribution in [3.8, 4) is 12.3 Å². The van der Waals surface area contributed by atoms with Crippen LogP contribution >= 0.6 is 0 Å². The van der Waals surface area contributed by atoms with Crippen LogP contribution in [0.2, 0.25) is 0 Å².